The zero-order valence-corrected chi connectivity index (χ0v) is 11.2. The van der Waals surface area contributed by atoms with Crippen LogP contribution < -0.4 is 0 Å². The van der Waals surface area contributed by atoms with E-state index in [1.807, 2.05) is 0 Å². The predicted molar refractivity (Wildman–Crippen MR) is 65.9 cm³/mol. The van der Waals surface area contributed by atoms with E-state index in [-0.39, 0.29) is 11.4 Å². The molecule has 0 radical (unpaired) electrons. The van der Waals surface area contributed by atoms with Crippen molar-refractivity contribution in [1.82, 2.24) is 14.1 Å². The first-order chi connectivity index (χ1) is 8.50. The number of aromatic nitrogens is 2. The lowest BCUT2D eigenvalue weighted by Crippen LogP contribution is -2.37. The molecule has 0 atom stereocenters. The normalized spacial score (nSPS) is 17.8. The maximum Gasteiger partial charge on any atom is 0.325 e. The minimum absolute atomic E-state index is 0.0515. The second-order valence-corrected chi connectivity index (χ2v) is 6.95. The number of carbonyl (C=O) groups is 1. The highest BCUT2D eigenvalue weighted by atomic mass is 32.2. The number of nitrogens with zero attached hydrogens (tertiary/aromatic N) is 3. The van der Waals surface area contributed by atoms with E-state index in [4.69, 9.17) is 5.11 Å². The monoisotopic (exact) mass is 291 g/mol. The molecule has 9 heteroatoms. The largest absolute Gasteiger partial charge is 0.480 e. The molecule has 1 aliphatic heterocycles. The number of hydrogen-bond donors (Lipinski definition) is 1. The molecule has 1 N–H and O–H groups in total. The number of hydrogen-bond acceptors (Lipinski definition) is 5. The van der Waals surface area contributed by atoms with Crippen molar-refractivity contribution in [3.63, 3.8) is 0 Å². The van der Waals surface area contributed by atoms with Gasteiger partial charge in [-0.1, -0.05) is 0 Å². The van der Waals surface area contributed by atoms with E-state index in [1.54, 1.807) is 11.8 Å². The van der Waals surface area contributed by atoms with Crippen molar-refractivity contribution in [3.8, 4) is 0 Å². The van der Waals surface area contributed by atoms with Crippen LogP contribution in [0.3, 0.4) is 0 Å². The van der Waals surface area contributed by atoms with Crippen LogP contribution in [0.2, 0.25) is 0 Å². The van der Waals surface area contributed by atoms with E-state index >= 15 is 0 Å². The molecule has 0 bridgehead atoms. The smallest absolute Gasteiger partial charge is 0.325 e. The van der Waals surface area contributed by atoms with Crippen molar-refractivity contribution in [2.45, 2.75) is 11.4 Å². The number of sulfonamides is 1. The molecule has 2 heterocycles. The Bertz CT molecular complexity index is 534. The fourth-order valence-electron chi connectivity index (χ4n) is 1.64. The summed E-state index contributed by atoms with van der Waals surface area (Å²) in [6.07, 6.45) is 2.45. The first kappa shape index (κ1) is 13.4. The van der Waals surface area contributed by atoms with Crippen molar-refractivity contribution >= 4 is 27.8 Å². The summed E-state index contributed by atoms with van der Waals surface area (Å²) >= 11 is 1.72. The first-order valence-electron chi connectivity index (χ1n) is 5.32. The van der Waals surface area contributed by atoms with Crippen molar-refractivity contribution in [2.75, 3.05) is 24.6 Å². The molecule has 1 aliphatic rings. The number of thioether (sulfide) groups is 1. The van der Waals surface area contributed by atoms with Gasteiger partial charge in [-0.3, -0.25) is 9.48 Å². The minimum atomic E-state index is -3.53. The molecule has 100 valence electrons. The van der Waals surface area contributed by atoms with E-state index in [2.05, 4.69) is 5.10 Å². The molecule has 7 nitrogen and oxygen atoms in total. The second-order valence-electron chi connectivity index (χ2n) is 3.78. The summed E-state index contributed by atoms with van der Waals surface area (Å²) in [5.74, 6) is 0.502. The van der Waals surface area contributed by atoms with Gasteiger partial charge in [0, 0.05) is 30.8 Å². The van der Waals surface area contributed by atoms with Crippen LogP contribution in [0.15, 0.2) is 17.3 Å². The Kier molecular flexibility index (Phi) is 3.93. The minimum Gasteiger partial charge on any atom is -0.480 e. The van der Waals surface area contributed by atoms with E-state index in [1.165, 1.54) is 16.7 Å². The third-order valence-corrected chi connectivity index (χ3v) is 5.31. The summed E-state index contributed by atoms with van der Waals surface area (Å²) in [7, 11) is -3.53. The standard InChI is InChI=1S/C9H13N3O4S2/c13-9(14)7-11-6-8(5-10-11)18(15,16)12-1-3-17-4-2-12/h5-6H,1-4,7H2,(H,13,14). The molecule has 0 unspecified atom stereocenters. The Labute approximate surface area is 109 Å². The molecule has 0 saturated carbocycles. The summed E-state index contributed by atoms with van der Waals surface area (Å²) in [4.78, 5) is 10.6. The lowest BCUT2D eigenvalue weighted by atomic mass is 10.6. The summed E-state index contributed by atoms with van der Waals surface area (Å²) in [5, 5.41) is 12.3. The Balaban J connectivity index is 2.18. The molecule has 18 heavy (non-hydrogen) atoms. The number of rotatable bonds is 4. The van der Waals surface area contributed by atoms with E-state index in [0.717, 1.165) is 16.2 Å². The quantitative estimate of drug-likeness (QED) is 0.819. The van der Waals surface area contributed by atoms with Crippen molar-refractivity contribution in [1.29, 1.82) is 0 Å². The molecule has 0 aliphatic carbocycles. The van der Waals surface area contributed by atoms with Gasteiger partial charge in [-0.15, -0.1) is 0 Å². The van der Waals surface area contributed by atoms with Crippen LogP contribution in [0, 0.1) is 0 Å². The summed E-state index contributed by atoms with van der Waals surface area (Å²) in [6, 6.07) is 0. The second kappa shape index (κ2) is 5.29. The van der Waals surface area contributed by atoms with Gasteiger partial charge in [0.2, 0.25) is 10.0 Å². The molecule has 1 aromatic heterocycles. The fraction of sp³-hybridized carbons (Fsp3) is 0.556. The number of aliphatic carboxylic acids is 1. The SMILES string of the molecule is O=C(O)Cn1cc(S(=O)(=O)N2CCSCC2)cn1. The molecule has 1 fully saturated rings. The van der Waals surface area contributed by atoms with Gasteiger partial charge >= 0.3 is 5.97 Å². The van der Waals surface area contributed by atoms with Gasteiger partial charge in [0.1, 0.15) is 11.4 Å². The van der Waals surface area contributed by atoms with E-state index in [9.17, 15) is 13.2 Å². The number of carboxylic acid groups (broad SMARTS) is 1. The van der Waals surface area contributed by atoms with Crippen molar-refractivity contribution in [2.24, 2.45) is 0 Å². The average Bonchev–Trinajstić information content (AvgIpc) is 2.78. The van der Waals surface area contributed by atoms with Crippen LogP contribution in [-0.2, 0) is 21.4 Å². The molecule has 0 amide bonds. The van der Waals surface area contributed by atoms with Crippen LogP contribution in [0.5, 0.6) is 0 Å². The van der Waals surface area contributed by atoms with Crippen molar-refractivity contribution < 1.29 is 18.3 Å². The van der Waals surface area contributed by atoms with Gasteiger partial charge in [-0.05, 0) is 0 Å². The van der Waals surface area contributed by atoms with Gasteiger partial charge < -0.3 is 5.11 Å². The van der Waals surface area contributed by atoms with E-state index in [0.29, 0.717) is 13.1 Å². The third kappa shape index (κ3) is 2.85. The highest BCUT2D eigenvalue weighted by molar-refractivity contribution is 7.99. The molecular weight excluding hydrogens is 278 g/mol. The predicted octanol–water partition coefficient (Wildman–Crippen LogP) is -0.295. The topological polar surface area (TPSA) is 92.5 Å². The van der Waals surface area contributed by atoms with Crippen LogP contribution in [0.4, 0.5) is 0 Å². The fourth-order valence-corrected chi connectivity index (χ4v) is 4.17. The highest BCUT2D eigenvalue weighted by Gasteiger charge is 2.27. The Hall–Kier alpha value is -1.06. The summed E-state index contributed by atoms with van der Waals surface area (Å²) in [5.41, 5.74) is 0. The van der Waals surface area contributed by atoms with Gasteiger partial charge in [0.05, 0.1) is 6.20 Å². The number of carboxylic acids is 1. The van der Waals surface area contributed by atoms with E-state index < -0.39 is 16.0 Å². The summed E-state index contributed by atoms with van der Waals surface area (Å²) < 4.78 is 26.9. The Morgan fingerprint density at radius 2 is 2.11 bits per heavy atom. The maximum absolute atomic E-state index is 12.2. The van der Waals surface area contributed by atoms with Crippen LogP contribution in [-0.4, -0.2) is 58.2 Å². The molecule has 0 spiro atoms. The van der Waals surface area contributed by atoms with Gasteiger partial charge in [-0.2, -0.15) is 21.2 Å². The Morgan fingerprint density at radius 1 is 1.44 bits per heavy atom. The molecule has 0 aromatic carbocycles. The summed E-state index contributed by atoms with van der Waals surface area (Å²) in [6.45, 7) is 0.625. The zero-order chi connectivity index (χ0) is 13.2. The molecule has 1 aromatic rings. The van der Waals surface area contributed by atoms with Crippen LogP contribution in [0.25, 0.3) is 0 Å². The van der Waals surface area contributed by atoms with Gasteiger partial charge in [-0.25, -0.2) is 8.42 Å². The Morgan fingerprint density at radius 3 is 2.72 bits per heavy atom. The maximum atomic E-state index is 12.2. The first-order valence-corrected chi connectivity index (χ1v) is 7.92. The molecule has 2 rings (SSSR count). The highest BCUT2D eigenvalue weighted by Crippen LogP contribution is 2.19. The zero-order valence-electron chi connectivity index (χ0n) is 9.52. The lowest BCUT2D eigenvalue weighted by molar-refractivity contribution is -0.137. The lowest BCUT2D eigenvalue weighted by Gasteiger charge is -2.24. The van der Waals surface area contributed by atoms with Gasteiger partial charge in [0.25, 0.3) is 0 Å². The van der Waals surface area contributed by atoms with Crippen LogP contribution >= 0.6 is 11.8 Å². The molecule has 1 saturated heterocycles. The van der Waals surface area contributed by atoms with Crippen molar-refractivity contribution in [3.05, 3.63) is 12.4 Å². The third-order valence-electron chi connectivity index (χ3n) is 2.51. The average molecular weight is 291 g/mol. The molecular formula is C9H13N3O4S2. The van der Waals surface area contributed by atoms with Gasteiger partial charge in [0.15, 0.2) is 0 Å². The van der Waals surface area contributed by atoms with Crippen LogP contribution in [0.1, 0.15) is 0 Å².